The second-order valence-electron chi connectivity index (χ2n) is 5.59. The van der Waals surface area contributed by atoms with Crippen LogP contribution in [0.4, 0.5) is 27.6 Å². The Bertz CT molecular complexity index is 1010. The predicted molar refractivity (Wildman–Crippen MR) is 89.4 cm³/mol. The van der Waals surface area contributed by atoms with Gasteiger partial charge in [0.05, 0.1) is 24.6 Å². The number of hydrogen-bond acceptors (Lipinski definition) is 3. The maximum absolute atomic E-state index is 13.7. The molecule has 28 heavy (non-hydrogen) atoms. The molecule has 0 aliphatic rings. The summed E-state index contributed by atoms with van der Waals surface area (Å²) in [6, 6.07) is 7.29. The van der Waals surface area contributed by atoms with E-state index in [-0.39, 0.29) is 17.1 Å². The molecule has 0 radical (unpaired) electrons. The quantitative estimate of drug-likeness (QED) is 0.663. The standard InChI is InChI=1S/C18H12F5N3O2/c1-28-14-9-26(11-5-2-4-10(8-11)18(21,22)23)25-16(14)17(27)24-15-12(19)6-3-7-13(15)20/h2-9H,1H3,(H,24,27). The number of rotatable bonds is 4. The van der Waals surface area contributed by atoms with Crippen LogP contribution in [0.25, 0.3) is 5.69 Å². The number of nitrogens with one attached hydrogen (secondary N) is 1. The van der Waals surface area contributed by atoms with Gasteiger partial charge in [0.25, 0.3) is 5.91 Å². The summed E-state index contributed by atoms with van der Waals surface area (Å²) in [4.78, 5) is 12.4. The van der Waals surface area contributed by atoms with Gasteiger partial charge in [-0.2, -0.15) is 18.3 Å². The molecule has 0 atom stereocenters. The lowest BCUT2D eigenvalue weighted by atomic mass is 10.2. The largest absolute Gasteiger partial charge is 0.493 e. The predicted octanol–water partition coefficient (Wildman–Crippen LogP) is 4.43. The van der Waals surface area contributed by atoms with Crippen LogP contribution in [-0.2, 0) is 6.18 Å². The molecule has 3 aromatic rings. The number of amides is 1. The number of carbonyl (C=O) groups is 1. The summed E-state index contributed by atoms with van der Waals surface area (Å²) in [5.74, 6) is -3.08. The third-order valence-electron chi connectivity index (χ3n) is 3.75. The fraction of sp³-hybridized carbons (Fsp3) is 0.111. The highest BCUT2D eigenvalue weighted by molar-refractivity contribution is 6.04. The molecule has 0 spiro atoms. The molecule has 0 unspecified atom stereocenters. The molecular weight excluding hydrogens is 385 g/mol. The molecule has 1 amide bonds. The summed E-state index contributed by atoms with van der Waals surface area (Å²) in [5, 5.41) is 5.94. The van der Waals surface area contributed by atoms with Crippen LogP contribution in [0.5, 0.6) is 5.75 Å². The number of hydrogen-bond donors (Lipinski definition) is 1. The molecule has 5 nitrogen and oxygen atoms in total. The summed E-state index contributed by atoms with van der Waals surface area (Å²) >= 11 is 0. The van der Waals surface area contributed by atoms with E-state index in [4.69, 9.17) is 4.74 Å². The molecule has 0 fully saturated rings. The molecule has 1 aromatic heterocycles. The molecule has 0 saturated heterocycles. The Hall–Kier alpha value is -3.43. The van der Waals surface area contributed by atoms with Crippen molar-refractivity contribution in [3.63, 3.8) is 0 Å². The van der Waals surface area contributed by atoms with Gasteiger partial charge in [0.2, 0.25) is 0 Å². The highest BCUT2D eigenvalue weighted by Crippen LogP contribution is 2.31. The third kappa shape index (κ3) is 3.80. The van der Waals surface area contributed by atoms with E-state index >= 15 is 0 Å². The van der Waals surface area contributed by atoms with Gasteiger partial charge in [-0.3, -0.25) is 4.79 Å². The molecule has 3 rings (SSSR count). The number of alkyl halides is 3. The van der Waals surface area contributed by atoms with E-state index in [1.54, 1.807) is 0 Å². The van der Waals surface area contributed by atoms with Crippen LogP contribution in [-0.4, -0.2) is 22.8 Å². The smallest absolute Gasteiger partial charge is 0.416 e. The third-order valence-corrected chi connectivity index (χ3v) is 3.75. The van der Waals surface area contributed by atoms with E-state index in [0.29, 0.717) is 0 Å². The van der Waals surface area contributed by atoms with Gasteiger partial charge in [0.1, 0.15) is 17.3 Å². The van der Waals surface area contributed by atoms with Gasteiger partial charge < -0.3 is 10.1 Å². The fourth-order valence-corrected chi connectivity index (χ4v) is 2.41. The van der Waals surface area contributed by atoms with E-state index in [0.717, 1.165) is 35.0 Å². The van der Waals surface area contributed by atoms with E-state index < -0.39 is 35.0 Å². The van der Waals surface area contributed by atoms with Gasteiger partial charge in [-0.15, -0.1) is 0 Å². The zero-order valence-electron chi connectivity index (χ0n) is 14.2. The van der Waals surface area contributed by atoms with E-state index in [1.807, 2.05) is 5.32 Å². The number of nitrogens with zero attached hydrogens (tertiary/aromatic N) is 2. The molecule has 10 heteroatoms. The first-order valence-electron chi connectivity index (χ1n) is 7.77. The van der Waals surface area contributed by atoms with Crippen LogP contribution < -0.4 is 10.1 Å². The van der Waals surface area contributed by atoms with Crippen LogP contribution in [0.15, 0.2) is 48.7 Å². The second kappa shape index (κ2) is 7.29. The van der Waals surface area contributed by atoms with Crippen molar-refractivity contribution >= 4 is 11.6 Å². The molecule has 0 saturated carbocycles. The number of carbonyl (C=O) groups excluding carboxylic acids is 1. The van der Waals surface area contributed by atoms with Crippen molar-refractivity contribution < 1.29 is 31.5 Å². The van der Waals surface area contributed by atoms with E-state index in [1.165, 1.54) is 25.4 Å². The van der Waals surface area contributed by atoms with Crippen LogP contribution in [0.3, 0.4) is 0 Å². The maximum atomic E-state index is 13.7. The Morgan fingerprint density at radius 3 is 2.36 bits per heavy atom. The zero-order valence-corrected chi connectivity index (χ0v) is 14.2. The molecule has 0 aliphatic carbocycles. The molecular formula is C18H12F5N3O2. The average molecular weight is 397 g/mol. The minimum atomic E-state index is -4.56. The first-order valence-corrected chi connectivity index (χ1v) is 7.77. The number of halogens is 5. The SMILES string of the molecule is COc1cn(-c2cccc(C(F)(F)F)c2)nc1C(=O)Nc1c(F)cccc1F. The Morgan fingerprint density at radius 1 is 1.11 bits per heavy atom. The number of aromatic nitrogens is 2. The molecule has 1 heterocycles. The molecule has 2 aromatic carbocycles. The highest BCUT2D eigenvalue weighted by atomic mass is 19.4. The van der Waals surface area contributed by atoms with Gasteiger partial charge in [-0.1, -0.05) is 12.1 Å². The summed E-state index contributed by atoms with van der Waals surface area (Å²) in [6.45, 7) is 0. The Labute approximate surface area is 155 Å². The van der Waals surface area contributed by atoms with Crippen LogP contribution in [0.1, 0.15) is 16.1 Å². The average Bonchev–Trinajstić information content (AvgIpc) is 3.09. The normalized spacial score (nSPS) is 11.4. The summed E-state index contributed by atoms with van der Waals surface area (Å²) in [5.41, 5.74) is -1.92. The Balaban J connectivity index is 1.96. The first-order chi connectivity index (χ1) is 13.2. The van der Waals surface area contributed by atoms with Gasteiger partial charge >= 0.3 is 6.18 Å². The van der Waals surface area contributed by atoms with E-state index in [2.05, 4.69) is 5.10 Å². The highest BCUT2D eigenvalue weighted by Gasteiger charge is 2.31. The number of ether oxygens (including phenoxy) is 1. The van der Waals surface area contributed by atoms with Crippen molar-refractivity contribution in [2.75, 3.05) is 12.4 Å². The fourth-order valence-electron chi connectivity index (χ4n) is 2.41. The molecule has 0 aliphatic heterocycles. The van der Waals surface area contributed by atoms with Crippen molar-refractivity contribution in [3.05, 3.63) is 71.6 Å². The van der Waals surface area contributed by atoms with Crippen molar-refractivity contribution in [3.8, 4) is 11.4 Å². The number of para-hydroxylation sites is 1. The number of methoxy groups -OCH3 is 1. The van der Waals surface area contributed by atoms with Crippen molar-refractivity contribution in [1.29, 1.82) is 0 Å². The maximum Gasteiger partial charge on any atom is 0.416 e. The summed E-state index contributed by atoms with van der Waals surface area (Å²) < 4.78 is 72.1. The number of benzene rings is 2. The second-order valence-corrected chi connectivity index (χ2v) is 5.59. The van der Waals surface area contributed by atoms with Gasteiger partial charge in [0, 0.05) is 0 Å². The van der Waals surface area contributed by atoms with E-state index in [9.17, 15) is 26.7 Å². The molecule has 0 bridgehead atoms. The Morgan fingerprint density at radius 2 is 1.75 bits per heavy atom. The number of anilines is 1. The monoisotopic (exact) mass is 397 g/mol. The zero-order chi connectivity index (χ0) is 20.5. The van der Waals surface area contributed by atoms with Gasteiger partial charge in [0.15, 0.2) is 11.4 Å². The topological polar surface area (TPSA) is 56.2 Å². The minimum Gasteiger partial charge on any atom is -0.493 e. The lowest BCUT2D eigenvalue weighted by Crippen LogP contribution is -2.16. The van der Waals surface area contributed by atoms with Gasteiger partial charge in [-0.05, 0) is 30.3 Å². The van der Waals surface area contributed by atoms with Crippen molar-refractivity contribution in [2.45, 2.75) is 6.18 Å². The molecule has 1 N–H and O–H groups in total. The molecule has 146 valence electrons. The van der Waals surface area contributed by atoms with Crippen LogP contribution >= 0.6 is 0 Å². The van der Waals surface area contributed by atoms with Crippen molar-refractivity contribution in [1.82, 2.24) is 9.78 Å². The van der Waals surface area contributed by atoms with Crippen LogP contribution in [0, 0.1) is 11.6 Å². The summed E-state index contributed by atoms with van der Waals surface area (Å²) in [6.07, 6.45) is -3.38. The summed E-state index contributed by atoms with van der Waals surface area (Å²) in [7, 11) is 1.22. The lowest BCUT2D eigenvalue weighted by Gasteiger charge is -2.08. The van der Waals surface area contributed by atoms with Gasteiger partial charge in [-0.25, -0.2) is 13.5 Å². The minimum absolute atomic E-state index is 0.0178. The van der Waals surface area contributed by atoms with Crippen LogP contribution in [0.2, 0.25) is 0 Å². The van der Waals surface area contributed by atoms with Crippen molar-refractivity contribution in [2.24, 2.45) is 0 Å². The Kier molecular flexibility index (Phi) is 5.04. The lowest BCUT2D eigenvalue weighted by molar-refractivity contribution is -0.137. The first kappa shape index (κ1) is 19.3.